The molecular formula is C12H22O2. The summed E-state index contributed by atoms with van der Waals surface area (Å²) in [5.41, 5.74) is 0. The molecule has 0 amide bonds. The molecule has 0 N–H and O–H groups in total. The highest BCUT2D eigenvalue weighted by molar-refractivity contribution is 5.65. The van der Waals surface area contributed by atoms with Crippen molar-refractivity contribution in [3.8, 4) is 0 Å². The minimum Gasteiger partial charge on any atom is -0.466 e. The Bertz CT molecular complexity index is 162. The van der Waals surface area contributed by atoms with Crippen LogP contribution in [-0.2, 0) is 9.53 Å². The highest BCUT2D eigenvalue weighted by Gasteiger charge is 1.90. The minimum atomic E-state index is -0.183. The molecule has 0 aromatic heterocycles. The molecule has 0 unspecified atom stereocenters. The first-order chi connectivity index (χ1) is 6.77. The van der Waals surface area contributed by atoms with Gasteiger partial charge >= 0.3 is 5.97 Å². The highest BCUT2D eigenvalue weighted by atomic mass is 16.5. The van der Waals surface area contributed by atoms with Crippen molar-refractivity contribution in [1.29, 1.82) is 0 Å². The van der Waals surface area contributed by atoms with Crippen molar-refractivity contribution < 1.29 is 9.53 Å². The van der Waals surface area contributed by atoms with Gasteiger partial charge in [0.1, 0.15) is 0 Å². The van der Waals surface area contributed by atoms with Gasteiger partial charge in [-0.15, -0.1) is 0 Å². The van der Waals surface area contributed by atoms with Crippen LogP contribution in [0.1, 0.15) is 52.4 Å². The van der Waals surface area contributed by atoms with Gasteiger partial charge in [-0.1, -0.05) is 31.9 Å². The van der Waals surface area contributed by atoms with E-state index in [0.29, 0.717) is 6.61 Å². The minimum absolute atomic E-state index is 0.183. The lowest BCUT2D eigenvalue weighted by Crippen LogP contribution is -1.99. The third-order valence-electron chi connectivity index (χ3n) is 1.96. The molecule has 0 bridgehead atoms. The zero-order valence-corrected chi connectivity index (χ0v) is 9.42. The molecular weight excluding hydrogens is 176 g/mol. The molecule has 0 aliphatic rings. The third kappa shape index (κ3) is 11.2. The third-order valence-corrected chi connectivity index (χ3v) is 1.96. The molecule has 14 heavy (non-hydrogen) atoms. The molecule has 0 aromatic carbocycles. The largest absolute Gasteiger partial charge is 0.466 e. The van der Waals surface area contributed by atoms with E-state index in [-0.39, 0.29) is 5.97 Å². The number of esters is 1. The van der Waals surface area contributed by atoms with E-state index in [9.17, 15) is 4.79 Å². The van der Waals surface area contributed by atoms with Crippen LogP contribution in [-0.4, -0.2) is 12.6 Å². The SMILES string of the molecule is CCCCCC=CCCCOC(C)=O. The molecule has 0 fully saturated rings. The fraction of sp³-hybridized carbons (Fsp3) is 0.750. The maximum Gasteiger partial charge on any atom is 0.302 e. The normalized spacial score (nSPS) is 10.7. The molecule has 0 aromatic rings. The predicted molar refractivity (Wildman–Crippen MR) is 59.1 cm³/mol. The Labute approximate surface area is 87.3 Å². The predicted octanol–water partition coefficient (Wildman–Crippen LogP) is 3.47. The Morgan fingerprint density at radius 3 is 2.36 bits per heavy atom. The van der Waals surface area contributed by atoms with E-state index in [0.717, 1.165) is 12.8 Å². The molecule has 0 aliphatic heterocycles. The van der Waals surface area contributed by atoms with Crippen molar-refractivity contribution in [2.24, 2.45) is 0 Å². The van der Waals surface area contributed by atoms with Gasteiger partial charge in [0.15, 0.2) is 0 Å². The molecule has 0 heterocycles. The second-order valence-corrected chi connectivity index (χ2v) is 3.45. The first-order valence-corrected chi connectivity index (χ1v) is 5.55. The first-order valence-electron chi connectivity index (χ1n) is 5.55. The second kappa shape index (κ2) is 10.3. The van der Waals surface area contributed by atoms with Crippen molar-refractivity contribution in [3.05, 3.63) is 12.2 Å². The van der Waals surface area contributed by atoms with Crippen LogP contribution < -0.4 is 0 Å². The summed E-state index contributed by atoms with van der Waals surface area (Å²) in [6.45, 7) is 4.21. The van der Waals surface area contributed by atoms with Gasteiger partial charge in [0.25, 0.3) is 0 Å². The van der Waals surface area contributed by atoms with Gasteiger partial charge in [-0.2, -0.15) is 0 Å². The molecule has 2 nitrogen and oxygen atoms in total. The van der Waals surface area contributed by atoms with Crippen LogP contribution in [0, 0.1) is 0 Å². The number of ether oxygens (including phenoxy) is 1. The summed E-state index contributed by atoms with van der Waals surface area (Å²) in [6, 6.07) is 0. The summed E-state index contributed by atoms with van der Waals surface area (Å²) in [6.07, 6.45) is 11.4. The van der Waals surface area contributed by atoms with E-state index < -0.39 is 0 Å². The van der Waals surface area contributed by atoms with E-state index in [1.807, 2.05) is 0 Å². The molecule has 0 rings (SSSR count). The number of hydrogen-bond donors (Lipinski definition) is 0. The van der Waals surface area contributed by atoms with Crippen molar-refractivity contribution in [1.82, 2.24) is 0 Å². The lowest BCUT2D eigenvalue weighted by molar-refractivity contribution is -0.141. The average molecular weight is 198 g/mol. The lowest BCUT2D eigenvalue weighted by Gasteiger charge is -1.98. The summed E-state index contributed by atoms with van der Waals surface area (Å²) >= 11 is 0. The lowest BCUT2D eigenvalue weighted by atomic mass is 10.2. The Morgan fingerprint density at radius 2 is 1.79 bits per heavy atom. The number of carbonyl (C=O) groups excluding carboxylic acids is 1. The molecule has 0 saturated carbocycles. The number of rotatable bonds is 8. The van der Waals surface area contributed by atoms with Crippen molar-refractivity contribution in [3.63, 3.8) is 0 Å². The standard InChI is InChI=1S/C12H22O2/c1-3-4-5-6-7-8-9-10-11-14-12(2)13/h7-8H,3-6,9-11H2,1-2H3. The van der Waals surface area contributed by atoms with Gasteiger partial charge in [0.2, 0.25) is 0 Å². The molecule has 0 atom stereocenters. The Hall–Kier alpha value is -0.790. The number of allylic oxidation sites excluding steroid dienone is 2. The van der Waals surface area contributed by atoms with Crippen LogP contribution in [0.3, 0.4) is 0 Å². The fourth-order valence-corrected chi connectivity index (χ4v) is 1.16. The monoisotopic (exact) mass is 198 g/mol. The Morgan fingerprint density at radius 1 is 1.14 bits per heavy atom. The van der Waals surface area contributed by atoms with Crippen molar-refractivity contribution in [2.45, 2.75) is 52.4 Å². The van der Waals surface area contributed by atoms with E-state index in [1.165, 1.54) is 32.6 Å². The highest BCUT2D eigenvalue weighted by Crippen LogP contribution is 2.01. The number of hydrogen-bond acceptors (Lipinski definition) is 2. The number of carbonyl (C=O) groups is 1. The van der Waals surface area contributed by atoms with Gasteiger partial charge in [-0.3, -0.25) is 4.79 Å². The van der Waals surface area contributed by atoms with Crippen LogP contribution in [0.25, 0.3) is 0 Å². The van der Waals surface area contributed by atoms with E-state index in [2.05, 4.69) is 19.1 Å². The van der Waals surface area contributed by atoms with E-state index in [4.69, 9.17) is 4.74 Å². The van der Waals surface area contributed by atoms with Crippen LogP contribution >= 0.6 is 0 Å². The summed E-state index contributed by atoms with van der Waals surface area (Å²) in [7, 11) is 0. The van der Waals surface area contributed by atoms with Gasteiger partial charge in [0.05, 0.1) is 6.61 Å². The van der Waals surface area contributed by atoms with E-state index in [1.54, 1.807) is 0 Å². The molecule has 0 aliphatic carbocycles. The van der Waals surface area contributed by atoms with Gasteiger partial charge in [0, 0.05) is 6.92 Å². The van der Waals surface area contributed by atoms with Gasteiger partial charge in [-0.05, 0) is 25.7 Å². The van der Waals surface area contributed by atoms with Crippen LogP contribution in [0.2, 0.25) is 0 Å². The molecule has 0 saturated heterocycles. The summed E-state index contributed by atoms with van der Waals surface area (Å²) in [4.78, 5) is 10.4. The Kier molecular flexibility index (Phi) is 9.71. The number of unbranched alkanes of at least 4 members (excludes halogenated alkanes) is 4. The van der Waals surface area contributed by atoms with Crippen molar-refractivity contribution >= 4 is 5.97 Å². The quantitative estimate of drug-likeness (QED) is 0.339. The Balaban J connectivity index is 3.07. The smallest absolute Gasteiger partial charge is 0.302 e. The molecule has 82 valence electrons. The first kappa shape index (κ1) is 13.2. The fourth-order valence-electron chi connectivity index (χ4n) is 1.16. The summed E-state index contributed by atoms with van der Waals surface area (Å²) < 4.78 is 4.81. The average Bonchev–Trinajstić information content (AvgIpc) is 2.15. The maximum atomic E-state index is 10.4. The van der Waals surface area contributed by atoms with Gasteiger partial charge in [-0.25, -0.2) is 0 Å². The zero-order valence-electron chi connectivity index (χ0n) is 9.42. The van der Waals surface area contributed by atoms with E-state index >= 15 is 0 Å². The van der Waals surface area contributed by atoms with Gasteiger partial charge < -0.3 is 4.74 Å². The summed E-state index contributed by atoms with van der Waals surface area (Å²) in [5, 5.41) is 0. The molecule has 0 radical (unpaired) electrons. The zero-order chi connectivity index (χ0) is 10.6. The topological polar surface area (TPSA) is 26.3 Å². The molecule has 0 spiro atoms. The summed E-state index contributed by atoms with van der Waals surface area (Å²) in [5.74, 6) is -0.183. The maximum absolute atomic E-state index is 10.4. The van der Waals surface area contributed by atoms with Crippen LogP contribution in [0.5, 0.6) is 0 Å². The van der Waals surface area contributed by atoms with Crippen LogP contribution in [0.4, 0.5) is 0 Å². The second-order valence-electron chi connectivity index (χ2n) is 3.45. The molecule has 2 heteroatoms. The van der Waals surface area contributed by atoms with Crippen LogP contribution in [0.15, 0.2) is 12.2 Å². The van der Waals surface area contributed by atoms with Crippen molar-refractivity contribution in [2.75, 3.05) is 6.61 Å².